The number of amides is 2. The van der Waals surface area contributed by atoms with Crippen LogP contribution in [-0.2, 0) is 16.0 Å². The van der Waals surface area contributed by atoms with E-state index in [0.29, 0.717) is 23.6 Å². The third-order valence-electron chi connectivity index (χ3n) is 3.88. The van der Waals surface area contributed by atoms with E-state index in [0.717, 1.165) is 4.88 Å². The van der Waals surface area contributed by atoms with E-state index in [2.05, 4.69) is 0 Å². The standard InChI is InChI=1S/C16H13NO4S/c18-15-7-10(6-12-2-1-5-22-12)16(19)17(15)11-3-4-13-14(8-11)21-9-20-13/h1-5,8,10H,6-7,9H2. The summed E-state index contributed by atoms with van der Waals surface area (Å²) in [4.78, 5) is 27.2. The monoisotopic (exact) mass is 315 g/mol. The normalized spacial score (nSPS) is 20.0. The number of carbonyl (C=O) groups is 2. The average molecular weight is 315 g/mol. The second kappa shape index (κ2) is 5.14. The van der Waals surface area contributed by atoms with Crippen molar-refractivity contribution in [1.29, 1.82) is 0 Å². The molecule has 0 bridgehead atoms. The number of carbonyl (C=O) groups excluding carboxylic acids is 2. The van der Waals surface area contributed by atoms with Crippen molar-refractivity contribution in [1.82, 2.24) is 0 Å². The van der Waals surface area contributed by atoms with Crippen molar-refractivity contribution >= 4 is 28.8 Å². The summed E-state index contributed by atoms with van der Waals surface area (Å²) >= 11 is 1.61. The minimum absolute atomic E-state index is 0.141. The summed E-state index contributed by atoms with van der Waals surface area (Å²) in [6.45, 7) is 0.168. The maximum absolute atomic E-state index is 12.6. The summed E-state index contributed by atoms with van der Waals surface area (Å²) in [7, 11) is 0. The van der Waals surface area contributed by atoms with Crippen LogP contribution in [0.25, 0.3) is 0 Å². The number of thiophene rings is 1. The molecule has 1 unspecified atom stereocenters. The largest absolute Gasteiger partial charge is 0.454 e. The summed E-state index contributed by atoms with van der Waals surface area (Å²) in [6.07, 6.45) is 0.870. The summed E-state index contributed by atoms with van der Waals surface area (Å²) in [6, 6.07) is 9.08. The van der Waals surface area contributed by atoms with Gasteiger partial charge in [-0.05, 0) is 30.0 Å². The Bertz CT molecular complexity index is 741. The Morgan fingerprint density at radius 2 is 2.05 bits per heavy atom. The highest BCUT2D eigenvalue weighted by molar-refractivity contribution is 7.09. The van der Waals surface area contributed by atoms with Crippen molar-refractivity contribution in [3.05, 3.63) is 40.6 Å². The molecule has 0 aliphatic carbocycles. The summed E-state index contributed by atoms with van der Waals surface area (Å²) in [5.41, 5.74) is 0.549. The second-order valence-electron chi connectivity index (χ2n) is 5.29. The molecule has 4 rings (SSSR count). The molecule has 1 aromatic carbocycles. The van der Waals surface area contributed by atoms with E-state index >= 15 is 0 Å². The zero-order valence-electron chi connectivity index (χ0n) is 11.7. The van der Waals surface area contributed by atoms with E-state index in [1.54, 1.807) is 29.5 Å². The van der Waals surface area contributed by atoms with Crippen LogP contribution in [-0.4, -0.2) is 18.6 Å². The first-order valence-electron chi connectivity index (χ1n) is 7.01. The molecule has 112 valence electrons. The molecule has 5 nitrogen and oxygen atoms in total. The molecule has 1 fully saturated rings. The first kappa shape index (κ1) is 13.3. The van der Waals surface area contributed by atoms with Crippen molar-refractivity contribution in [2.45, 2.75) is 12.8 Å². The number of rotatable bonds is 3. The van der Waals surface area contributed by atoms with E-state index in [9.17, 15) is 9.59 Å². The van der Waals surface area contributed by atoms with Gasteiger partial charge in [-0.2, -0.15) is 0 Å². The van der Waals surface area contributed by atoms with E-state index in [1.807, 2.05) is 17.5 Å². The minimum Gasteiger partial charge on any atom is -0.454 e. The number of benzene rings is 1. The van der Waals surface area contributed by atoms with Gasteiger partial charge in [-0.15, -0.1) is 11.3 Å². The fourth-order valence-corrected chi connectivity index (χ4v) is 3.61. The van der Waals surface area contributed by atoms with Gasteiger partial charge >= 0.3 is 0 Å². The maximum Gasteiger partial charge on any atom is 0.237 e. The second-order valence-corrected chi connectivity index (χ2v) is 6.32. The van der Waals surface area contributed by atoms with Gasteiger partial charge in [0.15, 0.2) is 11.5 Å². The number of ether oxygens (including phenoxy) is 2. The van der Waals surface area contributed by atoms with Gasteiger partial charge in [0.2, 0.25) is 18.6 Å². The molecule has 1 aromatic heterocycles. The Hall–Kier alpha value is -2.34. The molecule has 2 aromatic rings. The Labute approximate surface area is 131 Å². The molecule has 0 radical (unpaired) electrons. The molecule has 6 heteroatoms. The molecule has 3 heterocycles. The minimum atomic E-state index is -0.281. The number of hydrogen-bond acceptors (Lipinski definition) is 5. The van der Waals surface area contributed by atoms with Crippen molar-refractivity contribution in [3.63, 3.8) is 0 Å². The lowest BCUT2D eigenvalue weighted by atomic mass is 10.0. The molecule has 2 aliphatic rings. The van der Waals surface area contributed by atoms with Gasteiger partial charge in [0.25, 0.3) is 0 Å². The van der Waals surface area contributed by atoms with Crippen LogP contribution in [0, 0.1) is 5.92 Å². The topological polar surface area (TPSA) is 55.8 Å². The predicted molar refractivity (Wildman–Crippen MR) is 81.2 cm³/mol. The molecule has 22 heavy (non-hydrogen) atoms. The smallest absolute Gasteiger partial charge is 0.237 e. The molecule has 0 saturated carbocycles. The zero-order valence-corrected chi connectivity index (χ0v) is 12.5. The zero-order chi connectivity index (χ0) is 15.1. The predicted octanol–water partition coefficient (Wildman–Crippen LogP) is 2.60. The Morgan fingerprint density at radius 1 is 1.18 bits per heavy atom. The molecule has 1 atom stereocenters. The Balaban J connectivity index is 1.59. The van der Waals surface area contributed by atoms with Crippen LogP contribution in [0.5, 0.6) is 11.5 Å². The van der Waals surface area contributed by atoms with Crippen LogP contribution < -0.4 is 14.4 Å². The first-order chi connectivity index (χ1) is 10.7. The van der Waals surface area contributed by atoms with Crippen LogP contribution >= 0.6 is 11.3 Å². The van der Waals surface area contributed by atoms with Crippen LogP contribution in [0.3, 0.4) is 0 Å². The highest BCUT2D eigenvalue weighted by Crippen LogP contribution is 2.38. The number of anilines is 1. The van der Waals surface area contributed by atoms with Crippen molar-refractivity contribution < 1.29 is 19.1 Å². The number of fused-ring (bicyclic) bond motifs is 1. The first-order valence-corrected chi connectivity index (χ1v) is 7.89. The van der Waals surface area contributed by atoms with Crippen molar-refractivity contribution in [2.75, 3.05) is 11.7 Å². The third kappa shape index (κ3) is 2.16. The molecular formula is C16H13NO4S. The molecule has 0 N–H and O–H groups in total. The van der Waals surface area contributed by atoms with E-state index < -0.39 is 0 Å². The van der Waals surface area contributed by atoms with Gasteiger partial charge in [-0.25, -0.2) is 0 Å². The van der Waals surface area contributed by atoms with Crippen LogP contribution in [0.4, 0.5) is 5.69 Å². The molecule has 2 aliphatic heterocycles. The number of hydrogen-bond donors (Lipinski definition) is 0. The van der Waals surface area contributed by atoms with Crippen LogP contribution in [0.1, 0.15) is 11.3 Å². The quantitative estimate of drug-likeness (QED) is 0.817. The van der Waals surface area contributed by atoms with Crippen molar-refractivity contribution in [3.8, 4) is 11.5 Å². The fourth-order valence-electron chi connectivity index (χ4n) is 2.82. The van der Waals surface area contributed by atoms with Gasteiger partial charge in [0.1, 0.15) is 0 Å². The lowest BCUT2D eigenvalue weighted by Gasteiger charge is -2.15. The van der Waals surface area contributed by atoms with Gasteiger partial charge in [0, 0.05) is 17.4 Å². The maximum atomic E-state index is 12.6. The summed E-state index contributed by atoms with van der Waals surface area (Å²) < 4.78 is 10.6. The number of imide groups is 1. The average Bonchev–Trinajstić information content (AvgIpc) is 3.21. The van der Waals surface area contributed by atoms with Gasteiger partial charge in [0.05, 0.1) is 11.6 Å². The summed E-state index contributed by atoms with van der Waals surface area (Å²) in [5, 5.41) is 1.98. The number of nitrogens with zero attached hydrogens (tertiary/aromatic N) is 1. The molecule has 0 spiro atoms. The highest BCUT2D eigenvalue weighted by Gasteiger charge is 2.40. The Kier molecular flexibility index (Phi) is 3.11. The van der Waals surface area contributed by atoms with Crippen molar-refractivity contribution in [2.24, 2.45) is 5.92 Å². The van der Waals surface area contributed by atoms with Crippen LogP contribution in [0.2, 0.25) is 0 Å². The SMILES string of the molecule is O=C1CC(Cc2cccs2)C(=O)N1c1ccc2c(c1)OCO2. The lowest BCUT2D eigenvalue weighted by Crippen LogP contribution is -2.30. The molecular weight excluding hydrogens is 302 g/mol. The third-order valence-corrected chi connectivity index (χ3v) is 4.78. The van der Waals surface area contributed by atoms with E-state index in [-0.39, 0.29) is 30.9 Å². The van der Waals surface area contributed by atoms with E-state index in [1.165, 1.54) is 4.90 Å². The van der Waals surface area contributed by atoms with Gasteiger partial charge < -0.3 is 9.47 Å². The fraction of sp³-hybridized carbons (Fsp3) is 0.250. The molecule has 1 saturated heterocycles. The van der Waals surface area contributed by atoms with Gasteiger partial charge in [-0.1, -0.05) is 6.07 Å². The van der Waals surface area contributed by atoms with Gasteiger partial charge in [-0.3, -0.25) is 14.5 Å². The van der Waals surface area contributed by atoms with E-state index in [4.69, 9.17) is 9.47 Å². The Morgan fingerprint density at radius 3 is 2.86 bits per heavy atom. The summed E-state index contributed by atoms with van der Waals surface area (Å²) in [5.74, 6) is 0.622. The highest BCUT2D eigenvalue weighted by atomic mass is 32.1. The molecule has 2 amide bonds. The van der Waals surface area contributed by atoms with Crippen LogP contribution in [0.15, 0.2) is 35.7 Å². The lowest BCUT2D eigenvalue weighted by molar-refractivity contribution is -0.122.